The smallest absolute Gasteiger partial charge is 0.169 e. The Hall–Kier alpha value is -1.39. The van der Waals surface area contributed by atoms with E-state index < -0.39 is 0 Å². The summed E-state index contributed by atoms with van der Waals surface area (Å²) in [7, 11) is 0. The van der Waals surface area contributed by atoms with Crippen LogP contribution < -0.4 is 5.73 Å². The standard InChI is InChI=1S/C9H16N4O/c1-3-7(4-2)6-13-9(10)8(12-14)5-11-13/h5,7H,3-4,6,10H2,1-2H3. The predicted molar refractivity (Wildman–Crippen MR) is 56.2 cm³/mol. The molecule has 0 amide bonds. The first kappa shape index (κ1) is 10.7. The van der Waals surface area contributed by atoms with Gasteiger partial charge in [0.15, 0.2) is 11.5 Å². The van der Waals surface area contributed by atoms with Crippen LogP contribution in [0.25, 0.3) is 0 Å². The van der Waals surface area contributed by atoms with Crippen molar-refractivity contribution in [2.24, 2.45) is 11.1 Å². The molecule has 0 aromatic carbocycles. The molecule has 78 valence electrons. The Bertz CT molecular complexity index is 304. The SMILES string of the molecule is CCC(CC)Cn1ncc(N=O)c1N. The maximum atomic E-state index is 10.3. The number of hydrogen-bond donors (Lipinski definition) is 1. The second-order valence-electron chi connectivity index (χ2n) is 3.37. The van der Waals surface area contributed by atoms with Crippen LogP contribution in [-0.2, 0) is 6.54 Å². The minimum Gasteiger partial charge on any atom is -0.382 e. The van der Waals surface area contributed by atoms with Gasteiger partial charge in [-0.3, -0.25) is 0 Å². The monoisotopic (exact) mass is 196 g/mol. The topological polar surface area (TPSA) is 73.3 Å². The predicted octanol–water partition coefficient (Wildman–Crippen LogP) is 2.30. The van der Waals surface area contributed by atoms with E-state index >= 15 is 0 Å². The summed E-state index contributed by atoms with van der Waals surface area (Å²) in [4.78, 5) is 10.3. The molecule has 0 spiro atoms. The van der Waals surface area contributed by atoms with Crippen LogP contribution in [0.15, 0.2) is 11.4 Å². The minimum atomic E-state index is 0.232. The number of nitroso groups, excluding NO2 is 1. The Morgan fingerprint density at radius 2 is 2.21 bits per heavy atom. The summed E-state index contributed by atoms with van der Waals surface area (Å²) in [6.07, 6.45) is 3.57. The molecular formula is C9H16N4O. The molecule has 0 bridgehead atoms. The molecule has 0 unspecified atom stereocenters. The van der Waals surface area contributed by atoms with Gasteiger partial charge in [0.05, 0.1) is 6.20 Å². The molecule has 0 saturated heterocycles. The van der Waals surface area contributed by atoms with Crippen molar-refractivity contribution in [2.45, 2.75) is 33.2 Å². The number of anilines is 1. The highest BCUT2D eigenvalue weighted by Crippen LogP contribution is 2.22. The lowest BCUT2D eigenvalue weighted by Crippen LogP contribution is -2.12. The van der Waals surface area contributed by atoms with E-state index in [1.807, 2.05) is 0 Å². The molecule has 0 aliphatic carbocycles. The number of hydrogen-bond acceptors (Lipinski definition) is 4. The van der Waals surface area contributed by atoms with Gasteiger partial charge in [-0.2, -0.15) is 5.10 Å². The van der Waals surface area contributed by atoms with Crippen LogP contribution in [0.1, 0.15) is 26.7 Å². The number of nitrogens with zero attached hydrogens (tertiary/aromatic N) is 3. The van der Waals surface area contributed by atoms with E-state index in [-0.39, 0.29) is 5.69 Å². The van der Waals surface area contributed by atoms with E-state index in [1.165, 1.54) is 6.20 Å². The molecule has 2 N–H and O–H groups in total. The molecule has 0 radical (unpaired) electrons. The number of nitrogen functional groups attached to an aromatic ring is 1. The van der Waals surface area contributed by atoms with Crippen LogP contribution in [0.5, 0.6) is 0 Å². The molecule has 0 saturated carbocycles. The van der Waals surface area contributed by atoms with Crippen LogP contribution in [0.3, 0.4) is 0 Å². The molecular weight excluding hydrogens is 180 g/mol. The highest BCUT2D eigenvalue weighted by molar-refractivity contribution is 5.56. The van der Waals surface area contributed by atoms with Crippen molar-refractivity contribution >= 4 is 11.5 Å². The van der Waals surface area contributed by atoms with Gasteiger partial charge < -0.3 is 5.73 Å². The van der Waals surface area contributed by atoms with Gasteiger partial charge in [-0.05, 0) is 11.1 Å². The number of aromatic nitrogens is 2. The molecule has 1 aromatic heterocycles. The molecule has 1 aromatic rings. The Balaban J connectivity index is 2.76. The fourth-order valence-corrected chi connectivity index (χ4v) is 1.39. The molecule has 0 atom stereocenters. The van der Waals surface area contributed by atoms with E-state index in [1.54, 1.807) is 4.68 Å². The Kier molecular flexibility index (Phi) is 3.62. The first-order chi connectivity index (χ1) is 6.72. The zero-order valence-electron chi connectivity index (χ0n) is 8.60. The van der Waals surface area contributed by atoms with Crippen LogP contribution >= 0.6 is 0 Å². The average molecular weight is 196 g/mol. The number of rotatable bonds is 5. The normalized spacial score (nSPS) is 10.8. The Morgan fingerprint density at radius 1 is 1.57 bits per heavy atom. The maximum Gasteiger partial charge on any atom is 0.169 e. The molecule has 0 aliphatic rings. The van der Waals surface area contributed by atoms with Gasteiger partial charge in [-0.25, -0.2) is 4.68 Å². The van der Waals surface area contributed by atoms with Gasteiger partial charge in [0.1, 0.15) is 0 Å². The summed E-state index contributed by atoms with van der Waals surface area (Å²) >= 11 is 0. The fourth-order valence-electron chi connectivity index (χ4n) is 1.39. The summed E-state index contributed by atoms with van der Waals surface area (Å²) in [5.41, 5.74) is 5.91. The third kappa shape index (κ3) is 2.10. The van der Waals surface area contributed by atoms with E-state index in [0.717, 1.165) is 19.4 Å². The van der Waals surface area contributed by atoms with Crippen molar-refractivity contribution in [2.75, 3.05) is 5.73 Å². The van der Waals surface area contributed by atoms with E-state index in [0.29, 0.717) is 11.7 Å². The molecule has 1 rings (SSSR count). The van der Waals surface area contributed by atoms with Crippen molar-refractivity contribution in [3.05, 3.63) is 11.1 Å². The van der Waals surface area contributed by atoms with Crippen LogP contribution in [0, 0.1) is 10.8 Å². The average Bonchev–Trinajstić information content (AvgIpc) is 2.56. The molecule has 14 heavy (non-hydrogen) atoms. The first-order valence-corrected chi connectivity index (χ1v) is 4.87. The highest BCUT2D eigenvalue weighted by Gasteiger charge is 2.11. The lowest BCUT2D eigenvalue weighted by atomic mass is 10.0. The van der Waals surface area contributed by atoms with Crippen LogP contribution in [0.2, 0.25) is 0 Å². The van der Waals surface area contributed by atoms with Crippen molar-refractivity contribution in [1.82, 2.24) is 9.78 Å². The fraction of sp³-hybridized carbons (Fsp3) is 0.667. The van der Waals surface area contributed by atoms with Gasteiger partial charge in [-0.1, -0.05) is 26.7 Å². The van der Waals surface area contributed by atoms with Crippen LogP contribution in [-0.4, -0.2) is 9.78 Å². The van der Waals surface area contributed by atoms with Gasteiger partial charge >= 0.3 is 0 Å². The number of nitrogens with two attached hydrogens (primary N) is 1. The van der Waals surface area contributed by atoms with Crippen molar-refractivity contribution in [3.63, 3.8) is 0 Å². The lowest BCUT2D eigenvalue weighted by Gasteiger charge is -2.12. The molecule has 0 fully saturated rings. The summed E-state index contributed by atoms with van der Waals surface area (Å²) in [6.45, 7) is 5.02. The van der Waals surface area contributed by atoms with E-state index in [4.69, 9.17) is 5.73 Å². The van der Waals surface area contributed by atoms with Crippen molar-refractivity contribution in [3.8, 4) is 0 Å². The van der Waals surface area contributed by atoms with Gasteiger partial charge in [-0.15, -0.1) is 4.91 Å². The summed E-state index contributed by atoms with van der Waals surface area (Å²) < 4.78 is 1.65. The van der Waals surface area contributed by atoms with Crippen LogP contribution in [0.4, 0.5) is 11.5 Å². The Labute approximate surface area is 83.3 Å². The summed E-state index contributed by atoms with van der Waals surface area (Å²) in [5.74, 6) is 0.920. The van der Waals surface area contributed by atoms with E-state index in [2.05, 4.69) is 24.1 Å². The molecule has 1 heterocycles. The quantitative estimate of drug-likeness (QED) is 0.734. The van der Waals surface area contributed by atoms with Gasteiger partial charge in [0.2, 0.25) is 0 Å². The first-order valence-electron chi connectivity index (χ1n) is 4.87. The van der Waals surface area contributed by atoms with Crippen molar-refractivity contribution in [1.29, 1.82) is 0 Å². The van der Waals surface area contributed by atoms with Gasteiger partial charge in [0.25, 0.3) is 0 Å². The zero-order chi connectivity index (χ0) is 10.6. The maximum absolute atomic E-state index is 10.3. The zero-order valence-corrected chi connectivity index (χ0v) is 8.60. The summed E-state index contributed by atoms with van der Waals surface area (Å²) in [6, 6.07) is 0. The summed E-state index contributed by atoms with van der Waals surface area (Å²) in [5, 5.41) is 6.81. The molecule has 5 heteroatoms. The largest absolute Gasteiger partial charge is 0.382 e. The molecule has 0 aliphatic heterocycles. The minimum absolute atomic E-state index is 0.232. The lowest BCUT2D eigenvalue weighted by molar-refractivity contribution is 0.399. The second kappa shape index (κ2) is 4.74. The second-order valence-corrected chi connectivity index (χ2v) is 3.37. The third-order valence-electron chi connectivity index (χ3n) is 2.54. The molecule has 5 nitrogen and oxygen atoms in total. The third-order valence-corrected chi connectivity index (χ3v) is 2.54. The van der Waals surface area contributed by atoms with E-state index in [9.17, 15) is 4.91 Å². The van der Waals surface area contributed by atoms with Crippen molar-refractivity contribution < 1.29 is 0 Å². The van der Waals surface area contributed by atoms with Gasteiger partial charge in [0, 0.05) is 6.54 Å². The highest BCUT2D eigenvalue weighted by atomic mass is 16.3. The Morgan fingerprint density at radius 3 is 2.64 bits per heavy atom.